The first-order valence-electron chi connectivity index (χ1n) is 8.54. The van der Waals surface area contributed by atoms with Crippen molar-refractivity contribution in [3.8, 4) is 5.75 Å². The van der Waals surface area contributed by atoms with E-state index in [4.69, 9.17) is 9.16 Å². The van der Waals surface area contributed by atoms with Gasteiger partial charge in [0.25, 0.3) is 0 Å². The van der Waals surface area contributed by atoms with Crippen LogP contribution in [-0.2, 0) is 10.8 Å². The van der Waals surface area contributed by atoms with Crippen molar-refractivity contribution in [3.63, 3.8) is 0 Å². The summed E-state index contributed by atoms with van der Waals surface area (Å²) in [4.78, 5) is 0. The molecule has 124 valence electrons. The van der Waals surface area contributed by atoms with Crippen LogP contribution in [0.2, 0.25) is 18.1 Å². The molecule has 3 heteroatoms. The molecule has 2 nitrogen and oxygen atoms in total. The molecule has 1 fully saturated rings. The second-order valence-electron chi connectivity index (χ2n) is 8.12. The predicted octanol–water partition coefficient (Wildman–Crippen LogP) is 5.43. The molecule has 1 aromatic carbocycles. The van der Waals surface area contributed by atoms with Crippen molar-refractivity contribution >= 4 is 8.32 Å². The molecular weight excluding hydrogens is 288 g/mol. The summed E-state index contributed by atoms with van der Waals surface area (Å²) in [5, 5.41) is 0.282. The van der Waals surface area contributed by atoms with Crippen LogP contribution in [0.5, 0.6) is 5.75 Å². The molecule has 1 aromatic rings. The van der Waals surface area contributed by atoms with Crippen molar-refractivity contribution in [1.82, 2.24) is 0 Å². The molecule has 0 aliphatic heterocycles. The third kappa shape index (κ3) is 3.93. The van der Waals surface area contributed by atoms with Gasteiger partial charge in [-0.3, -0.25) is 0 Å². The quantitative estimate of drug-likeness (QED) is 0.674. The highest BCUT2D eigenvalue weighted by molar-refractivity contribution is 6.74. The van der Waals surface area contributed by atoms with E-state index in [1.807, 2.05) is 6.07 Å². The maximum Gasteiger partial charge on any atom is 0.192 e. The average Bonchev–Trinajstić information content (AvgIpc) is 2.85. The number of ether oxygens (including phenoxy) is 1. The van der Waals surface area contributed by atoms with Gasteiger partial charge in [-0.15, -0.1) is 0 Å². The number of hydrogen-bond donors (Lipinski definition) is 0. The number of methoxy groups -OCH3 is 1. The summed E-state index contributed by atoms with van der Waals surface area (Å²) in [5.74, 6) is 1.64. The van der Waals surface area contributed by atoms with Gasteiger partial charge >= 0.3 is 0 Å². The Morgan fingerprint density at radius 3 is 2.45 bits per heavy atom. The molecule has 2 rings (SSSR count). The Kier molecular flexibility index (Phi) is 5.39. The van der Waals surface area contributed by atoms with Crippen molar-refractivity contribution in [1.29, 1.82) is 0 Å². The van der Waals surface area contributed by atoms with Crippen molar-refractivity contribution in [2.24, 2.45) is 5.92 Å². The highest BCUT2D eigenvalue weighted by Gasteiger charge is 2.41. The van der Waals surface area contributed by atoms with E-state index in [0.717, 1.165) is 12.2 Å². The molecular formula is C19H32O2Si. The second-order valence-corrected chi connectivity index (χ2v) is 12.9. The van der Waals surface area contributed by atoms with E-state index in [9.17, 15) is 0 Å². The van der Waals surface area contributed by atoms with Gasteiger partial charge in [-0.1, -0.05) is 45.4 Å². The zero-order chi connectivity index (χ0) is 16.4. The normalized spacial score (nSPS) is 22.8. The first kappa shape index (κ1) is 17.5. The molecule has 0 bridgehead atoms. The van der Waals surface area contributed by atoms with Gasteiger partial charge in [0.05, 0.1) is 7.11 Å². The lowest BCUT2D eigenvalue weighted by Crippen LogP contribution is -2.45. The lowest BCUT2D eigenvalue weighted by Gasteiger charge is -2.40. The Balaban J connectivity index is 2.08. The fourth-order valence-electron chi connectivity index (χ4n) is 3.10. The summed E-state index contributed by atoms with van der Waals surface area (Å²) in [6.07, 6.45) is 5.28. The van der Waals surface area contributed by atoms with Crippen LogP contribution in [0.4, 0.5) is 0 Å². The Morgan fingerprint density at radius 1 is 1.14 bits per heavy atom. The number of rotatable bonds is 5. The third-order valence-corrected chi connectivity index (χ3v) is 10.0. The summed E-state index contributed by atoms with van der Waals surface area (Å²) in [6.45, 7) is 11.7. The fourth-order valence-corrected chi connectivity index (χ4v) is 4.52. The van der Waals surface area contributed by atoms with Crippen LogP contribution in [0, 0.1) is 5.92 Å². The molecule has 0 saturated heterocycles. The number of hydrogen-bond acceptors (Lipinski definition) is 2. The van der Waals surface area contributed by atoms with Crippen LogP contribution in [0.15, 0.2) is 24.3 Å². The molecule has 1 saturated carbocycles. The van der Waals surface area contributed by atoms with Crippen LogP contribution in [0.25, 0.3) is 0 Å². The van der Waals surface area contributed by atoms with Crippen molar-refractivity contribution in [2.75, 3.05) is 7.11 Å². The minimum atomic E-state index is -1.68. The van der Waals surface area contributed by atoms with Gasteiger partial charge in [-0.25, -0.2) is 0 Å². The molecule has 0 radical (unpaired) electrons. The highest BCUT2D eigenvalue weighted by atomic mass is 28.4. The summed E-state index contributed by atoms with van der Waals surface area (Å²) in [6, 6.07) is 8.41. The van der Waals surface area contributed by atoms with Gasteiger partial charge in [-0.2, -0.15) is 0 Å². The first-order chi connectivity index (χ1) is 10.2. The zero-order valence-corrected chi connectivity index (χ0v) is 16.1. The van der Waals surface area contributed by atoms with Crippen molar-refractivity contribution < 1.29 is 9.16 Å². The molecule has 0 unspecified atom stereocenters. The maximum atomic E-state index is 6.72. The molecule has 1 aliphatic rings. The van der Waals surface area contributed by atoms with Crippen molar-refractivity contribution in [3.05, 3.63) is 29.8 Å². The van der Waals surface area contributed by atoms with Gasteiger partial charge in [0.15, 0.2) is 8.32 Å². The average molecular weight is 321 g/mol. The third-order valence-electron chi connectivity index (χ3n) is 5.52. The van der Waals surface area contributed by atoms with Crippen molar-refractivity contribution in [2.45, 2.75) is 70.7 Å². The van der Waals surface area contributed by atoms with Gasteiger partial charge in [0.2, 0.25) is 0 Å². The van der Waals surface area contributed by atoms with E-state index < -0.39 is 8.32 Å². The monoisotopic (exact) mass is 320 g/mol. The fraction of sp³-hybridized carbons (Fsp3) is 0.684. The second kappa shape index (κ2) is 6.75. The maximum absolute atomic E-state index is 6.72. The Labute approximate surface area is 137 Å². The lowest BCUT2D eigenvalue weighted by molar-refractivity contribution is 0.140. The summed E-state index contributed by atoms with van der Waals surface area (Å²) < 4.78 is 12.2. The molecule has 2 atom stereocenters. The predicted molar refractivity (Wildman–Crippen MR) is 96.1 cm³/mol. The van der Waals surface area contributed by atoms with E-state index in [2.05, 4.69) is 52.1 Å². The van der Waals surface area contributed by atoms with Gasteiger partial charge in [0, 0.05) is 6.10 Å². The minimum absolute atomic E-state index is 0.282. The largest absolute Gasteiger partial charge is 0.496 e. The van der Waals surface area contributed by atoms with E-state index in [1.165, 1.54) is 24.8 Å². The molecule has 0 spiro atoms. The Bertz CT molecular complexity index is 490. The Morgan fingerprint density at radius 2 is 1.82 bits per heavy atom. The van der Waals surface area contributed by atoms with Crippen LogP contribution in [-0.4, -0.2) is 21.5 Å². The van der Waals surface area contributed by atoms with Gasteiger partial charge in [0.1, 0.15) is 5.75 Å². The van der Waals surface area contributed by atoms with E-state index in [0.29, 0.717) is 12.0 Å². The molecule has 1 aliphatic carbocycles. The topological polar surface area (TPSA) is 18.5 Å². The lowest BCUT2D eigenvalue weighted by atomic mass is 9.96. The first-order valence-corrected chi connectivity index (χ1v) is 11.4. The molecule has 0 heterocycles. The smallest absolute Gasteiger partial charge is 0.192 e. The molecule has 0 aromatic heterocycles. The van der Waals surface area contributed by atoms with Gasteiger partial charge in [-0.05, 0) is 54.9 Å². The highest BCUT2D eigenvalue weighted by Crippen LogP contribution is 2.41. The standard InChI is InChI=1S/C19H32O2Si/c1-19(2,3)22(5,6)21-18-13-9-11-16(18)14-15-10-7-8-12-17(15)20-4/h7-8,10,12,16,18H,9,11,13-14H2,1-6H3/t16-,18+/m0/s1. The number of para-hydroxylation sites is 1. The number of benzene rings is 1. The SMILES string of the molecule is COc1ccccc1C[C@@H]1CCC[C@H]1O[Si](C)(C)C(C)(C)C. The van der Waals surface area contributed by atoms with Crippen LogP contribution >= 0.6 is 0 Å². The van der Waals surface area contributed by atoms with Crippen LogP contribution in [0.3, 0.4) is 0 Å². The van der Waals surface area contributed by atoms with Crippen LogP contribution in [0.1, 0.15) is 45.6 Å². The summed E-state index contributed by atoms with van der Waals surface area (Å²) in [5.41, 5.74) is 1.32. The summed E-state index contributed by atoms with van der Waals surface area (Å²) in [7, 11) is 0.0789. The Hall–Kier alpha value is -0.803. The van der Waals surface area contributed by atoms with E-state index in [-0.39, 0.29) is 5.04 Å². The van der Waals surface area contributed by atoms with E-state index >= 15 is 0 Å². The van der Waals surface area contributed by atoms with Gasteiger partial charge < -0.3 is 9.16 Å². The summed E-state index contributed by atoms with van der Waals surface area (Å²) >= 11 is 0. The molecule has 0 amide bonds. The van der Waals surface area contributed by atoms with Crippen LogP contribution < -0.4 is 4.74 Å². The zero-order valence-electron chi connectivity index (χ0n) is 15.1. The minimum Gasteiger partial charge on any atom is -0.496 e. The van der Waals surface area contributed by atoms with E-state index in [1.54, 1.807) is 7.11 Å². The molecule has 0 N–H and O–H groups in total. The molecule has 22 heavy (non-hydrogen) atoms.